The number of hydrogen-bond donors (Lipinski definition) is 0. The molecule has 0 heterocycles. The summed E-state index contributed by atoms with van der Waals surface area (Å²) in [6, 6.07) is 1.55. The summed E-state index contributed by atoms with van der Waals surface area (Å²) in [4.78, 5) is 1.80. The molecular formula is C13H16F3NO2S. The van der Waals surface area contributed by atoms with Gasteiger partial charge in [-0.2, -0.15) is 0 Å². The zero-order valence-electron chi connectivity index (χ0n) is 11.1. The van der Waals surface area contributed by atoms with Gasteiger partial charge >= 0.3 is 0 Å². The highest BCUT2D eigenvalue weighted by molar-refractivity contribution is 7.90. The zero-order chi connectivity index (χ0) is 14.9. The fourth-order valence-corrected chi connectivity index (χ4v) is 2.58. The van der Waals surface area contributed by atoms with Crippen molar-refractivity contribution in [3.63, 3.8) is 0 Å². The van der Waals surface area contributed by atoms with E-state index < -0.39 is 27.3 Å². The second kappa shape index (κ2) is 5.73. The normalized spacial score (nSPS) is 15.8. The second-order valence-electron chi connectivity index (χ2n) is 5.19. The van der Waals surface area contributed by atoms with E-state index in [1.54, 1.807) is 4.90 Å². The van der Waals surface area contributed by atoms with Crippen molar-refractivity contribution in [3.05, 3.63) is 35.1 Å². The third-order valence-corrected chi connectivity index (χ3v) is 4.20. The summed E-state index contributed by atoms with van der Waals surface area (Å²) >= 11 is 0. The Bertz CT molecular complexity index is 600. The van der Waals surface area contributed by atoms with Gasteiger partial charge in [0.05, 0.1) is 5.75 Å². The molecule has 0 spiro atoms. The molecule has 1 fully saturated rings. The van der Waals surface area contributed by atoms with Crippen LogP contribution in [0.2, 0.25) is 0 Å². The molecule has 0 radical (unpaired) electrons. The average molecular weight is 307 g/mol. The van der Waals surface area contributed by atoms with E-state index >= 15 is 0 Å². The number of rotatable bonds is 6. The molecule has 1 aromatic carbocycles. The van der Waals surface area contributed by atoms with Crippen molar-refractivity contribution in [3.8, 4) is 0 Å². The number of benzene rings is 1. The summed E-state index contributed by atoms with van der Waals surface area (Å²) in [6.45, 7) is 0.352. The van der Waals surface area contributed by atoms with Crippen LogP contribution in [-0.2, 0) is 16.4 Å². The van der Waals surface area contributed by atoms with Crippen LogP contribution in [0.4, 0.5) is 13.2 Å². The van der Waals surface area contributed by atoms with Gasteiger partial charge in [-0.25, -0.2) is 21.6 Å². The summed E-state index contributed by atoms with van der Waals surface area (Å²) < 4.78 is 62.0. The topological polar surface area (TPSA) is 37.4 Å². The number of nitrogens with zero attached hydrogens (tertiary/aromatic N) is 1. The second-order valence-corrected chi connectivity index (χ2v) is 7.45. The lowest BCUT2D eigenvalue weighted by atomic mass is 10.2. The predicted molar refractivity (Wildman–Crippen MR) is 69.5 cm³/mol. The molecule has 0 amide bonds. The highest BCUT2D eigenvalue weighted by Gasteiger charge is 2.30. The zero-order valence-corrected chi connectivity index (χ0v) is 11.9. The van der Waals surface area contributed by atoms with Crippen molar-refractivity contribution in [2.75, 3.05) is 18.6 Å². The third-order valence-electron chi connectivity index (χ3n) is 3.28. The molecule has 0 atom stereocenters. The van der Waals surface area contributed by atoms with Crippen LogP contribution < -0.4 is 0 Å². The minimum Gasteiger partial charge on any atom is -0.295 e. The van der Waals surface area contributed by atoms with E-state index in [4.69, 9.17) is 0 Å². The van der Waals surface area contributed by atoms with Gasteiger partial charge in [0.15, 0.2) is 11.6 Å². The van der Waals surface area contributed by atoms with Gasteiger partial charge in [0, 0.05) is 37.0 Å². The first-order valence-electron chi connectivity index (χ1n) is 6.31. The van der Waals surface area contributed by atoms with Crippen molar-refractivity contribution in [2.45, 2.75) is 25.4 Å². The predicted octanol–water partition coefficient (Wildman–Crippen LogP) is 2.11. The first kappa shape index (κ1) is 15.3. The van der Waals surface area contributed by atoms with E-state index in [0.717, 1.165) is 25.2 Å². The summed E-state index contributed by atoms with van der Waals surface area (Å²) in [5.74, 6) is -3.16. The molecule has 20 heavy (non-hydrogen) atoms. The molecule has 0 aliphatic heterocycles. The molecule has 0 aromatic heterocycles. The van der Waals surface area contributed by atoms with Crippen LogP contribution in [0, 0.1) is 17.5 Å². The molecule has 0 N–H and O–H groups in total. The molecular weight excluding hydrogens is 291 g/mol. The standard InChI is InChI=1S/C13H16F3NO2S/c1-20(18,19)5-4-17(10-2-3-10)8-9-6-12(15)13(16)7-11(9)14/h6-7,10H,2-5,8H2,1H3. The van der Waals surface area contributed by atoms with Crippen molar-refractivity contribution in [1.82, 2.24) is 4.90 Å². The summed E-state index contributed by atoms with van der Waals surface area (Å²) in [7, 11) is -3.11. The SMILES string of the molecule is CS(=O)(=O)CCN(Cc1cc(F)c(F)cc1F)C1CC1. The molecule has 0 saturated heterocycles. The van der Waals surface area contributed by atoms with Crippen LogP contribution >= 0.6 is 0 Å². The Labute approximate surface area is 116 Å². The Morgan fingerprint density at radius 3 is 2.30 bits per heavy atom. The van der Waals surface area contributed by atoms with E-state index in [-0.39, 0.29) is 30.4 Å². The highest BCUT2D eigenvalue weighted by atomic mass is 32.2. The van der Waals surface area contributed by atoms with E-state index in [1.165, 1.54) is 0 Å². The highest BCUT2D eigenvalue weighted by Crippen LogP contribution is 2.29. The van der Waals surface area contributed by atoms with Gasteiger partial charge < -0.3 is 0 Å². The first-order valence-corrected chi connectivity index (χ1v) is 8.37. The summed E-state index contributed by atoms with van der Waals surface area (Å²) in [5, 5.41) is 0. The smallest absolute Gasteiger partial charge is 0.161 e. The van der Waals surface area contributed by atoms with Crippen molar-refractivity contribution < 1.29 is 21.6 Å². The minimum absolute atomic E-state index is 0.0329. The van der Waals surface area contributed by atoms with Gasteiger partial charge in [-0.1, -0.05) is 0 Å². The van der Waals surface area contributed by atoms with Crippen LogP contribution in [0.1, 0.15) is 18.4 Å². The van der Waals surface area contributed by atoms with E-state index in [0.29, 0.717) is 6.07 Å². The molecule has 0 bridgehead atoms. The van der Waals surface area contributed by atoms with Crippen molar-refractivity contribution in [1.29, 1.82) is 0 Å². The maximum absolute atomic E-state index is 13.6. The van der Waals surface area contributed by atoms with Gasteiger partial charge in [0.1, 0.15) is 15.7 Å². The van der Waals surface area contributed by atoms with Crippen LogP contribution in [0.25, 0.3) is 0 Å². The lowest BCUT2D eigenvalue weighted by Crippen LogP contribution is -2.31. The van der Waals surface area contributed by atoms with Gasteiger partial charge in [0.2, 0.25) is 0 Å². The van der Waals surface area contributed by atoms with Crippen LogP contribution in [0.15, 0.2) is 12.1 Å². The van der Waals surface area contributed by atoms with Crippen molar-refractivity contribution >= 4 is 9.84 Å². The lowest BCUT2D eigenvalue weighted by molar-refractivity contribution is 0.265. The first-order chi connectivity index (χ1) is 9.26. The quantitative estimate of drug-likeness (QED) is 0.756. The Balaban J connectivity index is 2.10. The summed E-state index contributed by atoms with van der Waals surface area (Å²) in [5.41, 5.74) is 0.0456. The molecule has 112 valence electrons. The molecule has 0 unspecified atom stereocenters. The van der Waals surface area contributed by atoms with Gasteiger partial charge in [-0.05, 0) is 18.9 Å². The van der Waals surface area contributed by atoms with Gasteiger partial charge in [-0.15, -0.1) is 0 Å². The third kappa shape index (κ3) is 4.21. The van der Waals surface area contributed by atoms with Crippen LogP contribution in [0.3, 0.4) is 0 Å². The fraction of sp³-hybridized carbons (Fsp3) is 0.538. The lowest BCUT2D eigenvalue weighted by Gasteiger charge is -2.22. The maximum atomic E-state index is 13.6. The monoisotopic (exact) mass is 307 g/mol. The Morgan fingerprint density at radius 2 is 1.75 bits per heavy atom. The van der Waals surface area contributed by atoms with Gasteiger partial charge in [-0.3, -0.25) is 4.90 Å². The number of sulfone groups is 1. The Kier molecular flexibility index (Phi) is 4.39. The Morgan fingerprint density at radius 1 is 1.15 bits per heavy atom. The number of hydrogen-bond acceptors (Lipinski definition) is 3. The van der Waals surface area contributed by atoms with Crippen LogP contribution in [-0.4, -0.2) is 37.9 Å². The molecule has 1 aromatic rings. The Hall–Kier alpha value is -1.08. The van der Waals surface area contributed by atoms with E-state index in [1.807, 2.05) is 0 Å². The summed E-state index contributed by atoms with van der Waals surface area (Å²) in [6.07, 6.45) is 2.96. The molecule has 1 aliphatic carbocycles. The maximum Gasteiger partial charge on any atom is 0.161 e. The van der Waals surface area contributed by atoms with Crippen molar-refractivity contribution in [2.24, 2.45) is 0 Å². The molecule has 2 rings (SSSR count). The minimum atomic E-state index is -3.11. The molecule has 3 nitrogen and oxygen atoms in total. The van der Waals surface area contributed by atoms with Crippen LogP contribution in [0.5, 0.6) is 0 Å². The van der Waals surface area contributed by atoms with E-state index in [9.17, 15) is 21.6 Å². The molecule has 1 saturated carbocycles. The largest absolute Gasteiger partial charge is 0.295 e. The van der Waals surface area contributed by atoms with Gasteiger partial charge in [0.25, 0.3) is 0 Å². The fourth-order valence-electron chi connectivity index (χ4n) is 2.02. The number of halogens is 3. The molecule has 1 aliphatic rings. The van der Waals surface area contributed by atoms with E-state index in [2.05, 4.69) is 0 Å². The molecule has 7 heteroatoms. The average Bonchev–Trinajstić information content (AvgIpc) is 3.13.